The molecule has 0 saturated carbocycles. The van der Waals surface area contributed by atoms with Gasteiger partial charge in [0.2, 0.25) is 0 Å². The molecule has 112 valence electrons. The fourth-order valence-electron chi connectivity index (χ4n) is 2.44. The molecular formula is C16H29FO2. The third-order valence-corrected chi connectivity index (χ3v) is 3.88. The highest BCUT2D eigenvalue weighted by Crippen LogP contribution is 2.39. The van der Waals surface area contributed by atoms with Gasteiger partial charge in [-0.25, -0.2) is 4.39 Å². The van der Waals surface area contributed by atoms with Gasteiger partial charge in [-0.1, -0.05) is 27.7 Å². The lowest BCUT2D eigenvalue weighted by Crippen LogP contribution is -2.29. The monoisotopic (exact) mass is 272 g/mol. The minimum Gasteiger partial charge on any atom is -0.512 e. The fourth-order valence-corrected chi connectivity index (χ4v) is 2.44. The molecule has 19 heavy (non-hydrogen) atoms. The van der Waals surface area contributed by atoms with Crippen molar-refractivity contribution in [2.24, 2.45) is 11.3 Å². The van der Waals surface area contributed by atoms with Gasteiger partial charge in [0.1, 0.15) is 11.4 Å². The Morgan fingerprint density at radius 2 is 1.68 bits per heavy atom. The van der Waals surface area contributed by atoms with Gasteiger partial charge < -0.3 is 5.11 Å². The van der Waals surface area contributed by atoms with Crippen molar-refractivity contribution < 1.29 is 14.3 Å². The Kier molecular flexibility index (Phi) is 6.74. The molecule has 0 aromatic carbocycles. The molecular weight excluding hydrogens is 243 g/mol. The number of alkyl halides is 1. The third kappa shape index (κ3) is 5.75. The van der Waals surface area contributed by atoms with Gasteiger partial charge in [-0.3, -0.25) is 4.79 Å². The summed E-state index contributed by atoms with van der Waals surface area (Å²) in [5, 5.41) is 10.2. The van der Waals surface area contributed by atoms with E-state index in [1.54, 1.807) is 6.92 Å². The average Bonchev–Trinajstić information content (AvgIpc) is 2.28. The minimum atomic E-state index is -1.37. The Hall–Kier alpha value is -0.860. The molecule has 1 N–H and O–H groups in total. The first-order chi connectivity index (χ1) is 8.59. The highest BCUT2D eigenvalue weighted by molar-refractivity contribution is 5.92. The predicted molar refractivity (Wildman–Crippen MR) is 78.0 cm³/mol. The van der Waals surface area contributed by atoms with Crippen molar-refractivity contribution in [2.45, 2.75) is 72.9 Å². The number of aliphatic hydroxyl groups excluding tert-OH is 1. The summed E-state index contributed by atoms with van der Waals surface area (Å²) in [4.78, 5) is 12.0. The van der Waals surface area contributed by atoms with Crippen molar-refractivity contribution in [2.75, 3.05) is 0 Å². The van der Waals surface area contributed by atoms with Gasteiger partial charge in [0.25, 0.3) is 0 Å². The van der Waals surface area contributed by atoms with Gasteiger partial charge in [0, 0.05) is 17.4 Å². The van der Waals surface area contributed by atoms with Gasteiger partial charge in [-0.2, -0.15) is 0 Å². The summed E-state index contributed by atoms with van der Waals surface area (Å²) in [6.45, 7) is 10.6. The highest BCUT2D eigenvalue weighted by Gasteiger charge is 2.35. The molecule has 0 fully saturated rings. The second-order valence-electron chi connectivity index (χ2n) is 6.26. The minimum absolute atomic E-state index is 0.0117. The van der Waals surface area contributed by atoms with Crippen LogP contribution in [0.4, 0.5) is 4.39 Å². The topological polar surface area (TPSA) is 37.3 Å². The fraction of sp³-hybridized carbons (Fsp3) is 0.812. The molecule has 0 aromatic rings. The van der Waals surface area contributed by atoms with Crippen molar-refractivity contribution in [3.05, 3.63) is 11.8 Å². The first-order valence-corrected chi connectivity index (χ1v) is 7.23. The largest absolute Gasteiger partial charge is 0.512 e. The normalized spacial score (nSPS) is 16.5. The van der Waals surface area contributed by atoms with E-state index in [1.807, 2.05) is 20.8 Å². The lowest BCUT2D eigenvalue weighted by molar-refractivity contribution is -0.118. The van der Waals surface area contributed by atoms with Crippen molar-refractivity contribution >= 4 is 5.78 Å². The Morgan fingerprint density at radius 1 is 1.21 bits per heavy atom. The number of ketones is 1. The number of hydrogen-bond acceptors (Lipinski definition) is 2. The van der Waals surface area contributed by atoms with Crippen LogP contribution in [0.5, 0.6) is 0 Å². The first-order valence-electron chi connectivity index (χ1n) is 7.23. The number of carbonyl (C=O) groups is 1. The number of allylic oxidation sites excluding steroid dienone is 2. The molecule has 3 heteroatoms. The Bertz CT molecular complexity index is 324. The quantitative estimate of drug-likeness (QED) is 0.499. The third-order valence-electron chi connectivity index (χ3n) is 3.88. The molecule has 1 atom stereocenters. The van der Waals surface area contributed by atoms with E-state index >= 15 is 0 Å². The van der Waals surface area contributed by atoms with E-state index in [-0.39, 0.29) is 23.9 Å². The molecule has 0 spiro atoms. The predicted octanol–water partition coefficient (Wildman–Crippen LogP) is 4.99. The second-order valence-corrected chi connectivity index (χ2v) is 6.26. The number of halogens is 1. The van der Waals surface area contributed by atoms with E-state index in [0.717, 1.165) is 12.8 Å². The number of carbonyl (C=O) groups excluding carboxylic acids is 1. The molecule has 0 saturated heterocycles. The van der Waals surface area contributed by atoms with Gasteiger partial charge in [0.15, 0.2) is 5.78 Å². The van der Waals surface area contributed by atoms with Crippen LogP contribution < -0.4 is 0 Å². The summed E-state index contributed by atoms with van der Waals surface area (Å²) in [6.07, 6.45) is 3.63. The van der Waals surface area contributed by atoms with E-state index in [1.165, 1.54) is 19.9 Å². The molecule has 0 aliphatic rings. The summed E-state index contributed by atoms with van der Waals surface area (Å²) in [5.74, 6) is -0.0990. The Morgan fingerprint density at radius 3 is 2.00 bits per heavy atom. The summed E-state index contributed by atoms with van der Waals surface area (Å²) in [5.41, 5.74) is -2.05. The van der Waals surface area contributed by atoms with Crippen LogP contribution in [-0.4, -0.2) is 16.6 Å². The average molecular weight is 272 g/mol. The lowest BCUT2D eigenvalue weighted by atomic mass is 9.76. The zero-order valence-corrected chi connectivity index (χ0v) is 13.2. The lowest BCUT2D eigenvalue weighted by Gasteiger charge is -2.32. The maximum Gasteiger partial charge on any atom is 0.162 e. The molecule has 1 unspecified atom stereocenters. The smallest absolute Gasteiger partial charge is 0.162 e. The summed E-state index contributed by atoms with van der Waals surface area (Å²) in [7, 11) is 0. The molecule has 0 aliphatic carbocycles. The van der Waals surface area contributed by atoms with Gasteiger partial charge in [-0.05, 0) is 39.5 Å². The zero-order chi connectivity index (χ0) is 15.3. The van der Waals surface area contributed by atoms with Gasteiger partial charge >= 0.3 is 0 Å². The molecule has 0 heterocycles. The van der Waals surface area contributed by atoms with E-state index in [0.29, 0.717) is 6.42 Å². The zero-order valence-electron chi connectivity index (χ0n) is 13.2. The van der Waals surface area contributed by atoms with Crippen LogP contribution in [0.3, 0.4) is 0 Å². The molecule has 2 nitrogen and oxygen atoms in total. The Balaban J connectivity index is 5.12. The van der Waals surface area contributed by atoms with E-state index in [9.17, 15) is 14.3 Å². The van der Waals surface area contributed by atoms with Crippen LogP contribution in [0.15, 0.2) is 11.8 Å². The van der Waals surface area contributed by atoms with E-state index in [4.69, 9.17) is 0 Å². The molecule has 0 aromatic heterocycles. The number of hydrogen-bond donors (Lipinski definition) is 1. The maximum atomic E-state index is 13.8. The maximum absolute atomic E-state index is 13.8. The number of rotatable bonds is 8. The molecule has 0 bridgehead atoms. The van der Waals surface area contributed by atoms with Crippen LogP contribution in [-0.2, 0) is 4.79 Å². The SMILES string of the molecule is CCC(CC)C(=O)C=C(O)C(C)(CC)CC(C)(C)F. The van der Waals surface area contributed by atoms with Crippen LogP contribution in [0, 0.1) is 11.3 Å². The molecule has 0 amide bonds. The van der Waals surface area contributed by atoms with Gasteiger partial charge in [-0.15, -0.1) is 0 Å². The molecule has 0 rings (SSSR count). The summed E-state index contributed by atoms with van der Waals surface area (Å²) >= 11 is 0. The number of aliphatic hydroxyl groups is 1. The van der Waals surface area contributed by atoms with Crippen LogP contribution in [0.25, 0.3) is 0 Å². The highest BCUT2D eigenvalue weighted by atomic mass is 19.1. The van der Waals surface area contributed by atoms with Crippen molar-refractivity contribution in [1.82, 2.24) is 0 Å². The second kappa shape index (κ2) is 7.06. The Labute approximate surface area is 117 Å². The van der Waals surface area contributed by atoms with Crippen molar-refractivity contribution in [3.63, 3.8) is 0 Å². The standard InChI is InChI=1S/C16H29FO2/c1-7-12(8-2)13(18)10-14(19)16(6,9-3)11-15(4,5)17/h10,12,19H,7-9,11H2,1-6H3. The molecule has 0 aliphatic heterocycles. The first kappa shape index (κ1) is 18.1. The van der Waals surface area contributed by atoms with Crippen LogP contribution in [0.2, 0.25) is 0 Å². The van der Waals surface area contributed by atoms with E-state index < -0.39 is 11.1 Å². The van der Waals surface area contributed by atoms with Crippen LogP contribution >= 0.6 is 0 Å². The van der Waals surface area contributed by atoms with Crippen LogP contribution in [0.1, 0.15) is 67.2 Å². The summed E-state index contributed by atoms with van der Waals surface area (Å²) < 4.78 is 13.8. The van der Waals surface area contributed by atoms with Crippen molar-refractivity contribution in [1.29, 1.82) is 0 Å². The van der Waals surface area contributed by atoms with Crippen molar-refractivity contribution in [3.8, 4) is 0 Å². The van der Waals surface area contributed by atoms with E-state index in [2.05, 4.69) is 0 Å². The summed E-state index contributed by atoms with van der Waals surface area (Å²) in [6, 6.07) is 0. The van der Waals surface area contributed by atoms with Gasteiger partial charge in [0.05, 0.1) is 0 Å². The molecule has 0 radical (unpaired) electrons.